The molecule has 1 amide bonds. The molecule has 1 fully saturated rings. The van der Waals surface area contributed by atoms with Crippen LogP contribution in [0.1, 0.15) is 22.5 Å². The van der Waals surface area contributed by atoms with Crippen molar-refractivity contribution in [1.29, 1.82) is 0 Å². The van der Waals surface area contributed by atoms with Gasteiger partial charge in [0.15, 0.2) is 5.54 Å². The zero-order chi connectivity index (χ0) is 22.3. The summed E-state index contributed by atoms with van der Waals surface area (Å²) < 4.78 is 62.3. The summed E-state index contributed by atoms with van der Waals surface area (Å²) in [4.78, 5) is 20.1. The van der Waals surface area contributed by atoms with Crippen LogP contribution in [-0.4, -0.2) is 36.1 Å². The van der Waals surface area contributed by atoms with Crippen LogP contribution in [0.3, 0.4) is 0 Å². The Morgan fingerprint density at radius 3 is 2.71 bits per heavy atom. The molecule has 1 aliphatic carbocycles. The first-order valence-corrected chi connectivity index (χ1v) is 9.41. The number of nitrogens with two attached hydrogens (primary N) is 1. The first kappa shape index (κ1) is 21.2. The van der Waals surface area contributed by atoms with Gasteiger partial charge in [0.25, 0.3) is 18.4 Å². The van der Waals surface area contributed by atoms with Crippen LogP contribution in [0.4, 0.5) is 23.2 Å². The van der Waals surface area contributed by atoms with Crippen LogP contribution >= 0.6 is 11.6 Å². The van der Waals surface area contributed by atoms with E-state index in [0.717, 1.165) is 12.3 Å². The fourth-order valence-corrected chi connectivity index (χ4v) is 3.86. The summed E-state index contributed by atoms with van der Waals surface area (Å²) in [5.41, 5.74) is 3.69. The van der Waals surface area contributed by atoms with Gasteiger partial charge in [-0.1, -0.05) is 11.6 Å². The van der Waals surface area contributed by atoms with E-state index in [-0.39, 0.29) is 33.7 Å². The minimum atomic E-state index is -3.02. The summed E-state index contributed by atoms with van der Waals surface area (Å²) >= 11 is 6.22. The van der Waals surface area contributed by atoms with Crippen LogP contribution in [0.2, 0.25) is 5.02 Å². The van der Waals surface area contributed by atoms with Gasteiger partial charge in [0.05, 0.1) is 6.20 Å². The molecule has 1 saturated carbocycles. The molecule has 2 heterocycles. The smallest absolute Gasteiger partial charge is 0.387 e. The minimum absolute atomic E-state index is 0.00866. The molecule has 0 radical (unpaired) electrons. The minimum Gasteiger partial charge on any atom is -0.462 e. The van der Waals surface area contributed by atoms with Gasteiger partial charge in [0, 0.05) is 22.2 Å². The van der Waals surface area contributed by atoms with E-state index in [2.05, 4.69) is 20.0 Å². The Bertz CT molecular complexity index is 1040. The third-order valence-corrected chi connectivity index (χ3v) is 5.38. The van der Waals surface area contributed by atoms with Gasteiger partial charge in [0.1, 0.15) is 17.5 Å². The number of hydrogen-bond acceptors (Lipinski definition) is 6. The summed E-state index contributed by atoms with van der Waals surface area (Å²) in [5.74, 6) is -1.51. The average Bonchev–Trinajstić information content (AvgIpc) is 3.48. The van der Waals surface area contributed by atoms with Crippen molar-refractivity contribution < 1.29 is 31.8 Å². The molecule has 0 bridgehead atoms. The van der Waals surface area contributed by atoms with E-state index < -0.39 is 36.5 Å². The molecule has 3 N–H and O–H groups in total. The number of carbonyl (C=O) groups excluding carboxylic acids is 1. The molecule has 4 rings (SSSR count). The Morgan fingerprint density at radius 2 is 2.06 bits per heavy atom. The van der Waals surface area contributed by atoms with Crippen molar-refractivity contribution in [3.05, 3.63) is 52.8 Å². The Morgan fingerprint density at radius 1 is 1.29 bits per heavy atom. The molecule has 0 unspecified atom stereocenters. The lowest BCUT2D eigenvalue weighted by Gasteiger charge is -2.33. The highest BCUT2D eigenvalue weighted by atomic mass is 35.5. The van der Waals surface area contributed by atoms with E-state index >= 15 is 0 Å². The molecule has 1 aliphatic heterocycles. The normalized spacial score (nSPS) is 24.3. The number of rotatable bonds is 6. The van der Waals surface area contributed by atoms with Crippen molar-refractivity contribution in [3.63, 3.8) is 0 Å². The molecule has 3 atom stereocenters. The Hall–Kier alpha value is -3.08. The van der Waals surface area contributed by atoms with Gasteiger partial charge >= 0.3 is 6.61 Å². The number of anilines is 1. The molecule has 12 heteroatoms. The van der Waals surface area contributed by atoms with Crippen LogP contribution in [0.25, 0.3) is 0 Å². The topological polar surface area (TPSA) is 98.8 Å². The fourth-order valence-electron chi connectivity index (χ4n) is 3.59. The number of fused-ring (bicyclic) bond motifs is 1. The van der Waals surface area contributed by atoms with Crippen LogP contribution in [0.15, 0.2) is 41.5 Å². The van der Waals surface area contributed by atoms with E-state index in [4.69, 9.17) is 22.1 Å². The average molecular weight is 459 g/mol. The highest BCUT2D eigenvalue weighted by Gasteiger charge is 2.64. The molecular formula is C19H15ClF4N4O3. The summed E-state index contributed by atoms with van der Waals surface area (Å²) in [7, 11) is 0. The summed E-state index contributed by atoms with van der Waals surface area (Å²) in [6, 6.07) is 6.08. The van der Waals surface area contributed by atoms with Crippen molar-refractivity contribution in [2.24, 2.45) is 16.6 Å². The van der Waals surface area contributed by atoms with Gasteiger partial charge in [-0.05, 0) is 36.8 Å². The molecule has 31 heavy (non-hydrogen) atoms. The van der Waals surface area contributed by atoms with Crippen LogP contribution < -0.4 is 15.8 Å². The largest absolute Gasteiger partial charge is 0.462 e. The summed E-state index contributed by atoms with van der Waals surface area (Å²) in [6.07, 6.45) is -2.08. The van der Waals surface area contributed by atoms with Crippen molar-refractivity contribution in [3.8, 4) is 5.75 Å². The van der Waals surface area contributed by atoms with Gasteiger partial charge in [-0.2, -0.15) is 8.78 Å². The predicted octanol–water partition coefficient (Wildman–Crippen LogP) is 3.78. The highest BCUT2D eigenvalue weighted by molar-refractivity contribution is 6.31. The van der Waals surface area contributed by atoms with Crippen molar-refractivity contribution in [2.75, 3.05) is 5.32 Å². The number of aromatic nitrogens is 1. The summed E-state index contributed by atoms with van der Waals surface area (Å²) in [6.45, 7) is -3.02. The third-order valence-electron chi connectivity index (χ3n) is 5.05. The molecule has 164 valence electrons. The zero-order valence-electron chi connectivity index (χ0n) is 15.6. The Balaban J connectivity index is 1.61. The number of amides is 1. The van der Waals surface area contributed by atoms with E-state index in [0.29, 0.717) is 6.42 Å². The molecule has 2 aromatic rings. The number of hydrogen-bond donors (Lipinski definition) is 2. The molecule has 1 aromatic carbocycles. The van der Waals surface area contributed by atoms with Crippen LogP contribution in [0.5, 0.6) is 5.75 Å². The molecular weight excluding hydrogens is 444 g/mol. The number of aliphatic imine (C=N–C) groups is 1. The second-order valence-corrected chi connectivity index (χ2v) is 7.39. The monoisotopic (exact) mass is 458 g/mol. The van der Waals surface area contributed by atoms with Crippen molar-refractivity contribution in [2.45, 2.75) is 31.1 Å². The SMILES string of the molecule is NC1=N[C@](c2cc(NC(=O)c3ccc(OC(F)F)cn3)ccc2Cl)(C(F)F)[C@@H]2C[C@@H]2O1. The number of benzene rings is 1. The lowest BCUT2D eigenvalue weighted by Crippen LogP contribution is -2.43. The van der Waals surface area contributed by atoms with Crippen LogP contribution in [-0.2, 0) is 10.3 Å². The number of nitrogens with one attached hydrogen (secondary N) is 1. The predicted molar refractivity (Wildman–Crippen MR) is 103 cm³/mol. The van der Waals surface area contributed by atoms with E-state index in [9.17, 15) is 22.4 Å². The number of alkyl halides is 4. The lowest BCUT2D eigenvalue weighted by molar-refractivity contribution is -0.0500. The molecule has 0 saturated heterocycles. The molecule has 7 nitrogen and oxygen atoms in total. The van der Waals surface area contributed by atoms with Gasteiger partial charge in [-0.25, -0.2) is 18.8 Å². The van der Waals surface area contributed by atoms with Gasteiger partial charge in [0.2, 0.25) is 0 Å². The quantitative estimate of drug-likeness (QED) is 0.642. The van der Waals surface area contributed by atoms with E-state index in [1.54, 1.807) is 0 Å². The van der Waals surface area contributed by atoms with E-state index in [1.807, 2.05) is 0 Å². The fraction of sp³-hybridized carbons (Fsp3) is 0.316. The van der Waals surface area contributed by atoms with Gasteiger partial charge in [-0.15, -0.1) is 0 Å². The summed E-state index contributed by atoms with van der Waals surface area (Å²) in [5, 5.41) is 2.55. The standard InChI is InChI=1S/C19H15ClF4N4O3/c20-12-3-1-8(27-15(29)13-4-2-9(7-26-13)30-17(23)24)5-10(12)19(16(21)22)11-6-14(11)31-18(25)28-19/h1-5,7,11,14,16-17H,6H2,(H2,25,28)(H,27,29)/t11-,14+,19+/m1/s1. The second-order valence-electron chi connectivity index (χ2n) is 6.98. The number of ether oxygens (including phenoxy) is 2. The number of halogens is 5. The number of nitrogens with zero attached hydrogens (tertiary/aromatic N) is 2. The number of amidine groups is 1. The molecule has 2 aliphatic rings. The maximum Gasteiger partial charge on any atom is 0.387 e. The van der Waals surface area contributed by atoms with E-state index in [1.165, 1.54) is 24.3 Å². The lowest BCUT2D eigenvalue weighted by atomic mass is 9.84. The van der Waals surface area contributed by atoms with Gasteiger partial charge in [-0.3, -0.25) is 4.79 Å². The van der Waals surface area contributed by atoms with Crippen LogP contribution in [0, 0.1) is 5.92 Å². The van der Waals surface area contributed by atoms with Crippen molar-refractivity contribution in [1.82, 2.24) is 4.98 Å². The van der Waals surface area contributed by atoms with Crippen molar-refractivity contribution >= 4 is 29.2 Å². The number of carbonyl (C=O) groups is 1. The first-order valence-electron chi connectivity index (χ1n) is 9.03. The highest BCUT2D eigenvalue weighted by Crippen LogP contribution is 2.57. The molecule has 0 spiro atoms. The van der Waals surface area contributed by atoms with Gasteiger partial charge < -0.3 is 20.5 Å². The Labute approximate surface area is 178 Å². The second kappa shape index (κ2) is 7.88. The molecule has 1 aromatic heterocycles. The first-order chi connectivity index (χ1) is 14.7. The Kier molecular flexibility index (Phi) is 5.38. The third kappa shape index (κ3) is 3.97. The maximum absolute atomic E-state index is 14.2. The maximum atomic E-state index is 14.2. The zero-order valence-corrected chi connectivity index (χ0v) is 16.3. The number of pyridine rings is 1.